The van der Waals surface area contributed by atoms with E-state index in [1.807, 2.05) is 6.07 Å². The summed E-state index contributed by atoms with van der Waals surface area (Å²) in [7, 11) is 0. The van der Waals surface area contributed by atoms with Crippen molar-refractivity contribution in [3.8, 4) is 0 Å². The summed E-state index contributed by atoms with van der Waals surface area (Å²) in [6.07, 6.45) is 2.52. The van der Waals surface area contributed by atoms with Crippen LogP contribution >= 0.6 is 0 Å². The summed E-state index contributed by atoms with van der Waals surface area (Å²) in [5.74, 6) is 0. The van der Waals surface area contributed by atoms with Gasteiger partial charge >= 0.3 is 0 Å². The zero-order valence-corrected chi connectivity index (χ0v) is 27.1. The molecule has 0 saturated carbocycles. The fourth-order valence-corrected chi connectivity index (χ4v) is 6.69. The highest BCUT2D eigenvalue weighted by Crippen LogP contribution is 2.19. The van der Waals surface area contributed by atoms with Crippen LogP contribution in [0, 0.1) is 0 Å². The van der Waals surface area contributed by atoms with Gasteiger partial charge in [0.1, 0.15) is 6.29 Å². The molecule has 0 amide bonds. The molecule has 2 saturated heterocycles. The molecular weight excluding hydrogens is 568 g/mol. The van der Waals surface area contributed by atoms with Crippen LogP contribution in [0.15, 0.2) is 121 Å². The molecule has 0 aliphatic carbocycles. The number of piperazine rings is 2. The third-order valence-corrected chi connectivity index (χ3v) is 9.16. The number of hydrogen-bond donors (Lipinski definition) is 1. The van der Waals surface area contributed by atoms with E-state index in [2.05, 4.69) is 135 Å². The Kier molecular flexibility index (Phi) is 13.5. The molecular formula is C40H50N4O2. The minimum Gasteiger partial charge on any atom is -0.396 e. The van der Waals surface area contributed by atoms with E-state index in [9.17, 15) is 9.90 Å². The van der Waals surface area contributed by atoms with Gasteiger partial charge < -0.3 is 9.90 Å². The van der Waals surface area contributed by atoms with Crippen molar-refractivity contribution < 1.29 is 9.90 Å². The van der Waals surface area contributed by atoms with E-state index >= 15 is 0 Å². The Hall–Kier alpha value is -3.65. The second-order valence-electron chi connectivity index (χ2n) is 12.6. The Bertz CT molecular complexity index is 1390. The van der Waals surface area contributed by atoms with E-state index in [-0.39, 0.29) is 6.61 Å². The number of benzene rings is 4. The lowest BCUT2D eigenvalue weighted by Crippen LogP contribution is -2.52. The van der Waals surface area contributed by atoms with E-state index < -0.39 is 0 Å². The number of nitrogens with zero attached hydrogens (tertiary/aromatic N) is 4. The number of aldehydes is 1. The van der Waals surface area contributed by atoms with E-state index in [1.54, 1.807) is 0 Å². The monoisotopic (exact) mass is 618 g/mol. The first-order valence-electron chi connectivity index (χ1n) is 16.8. The van der Waals surface area contributed by atoms with Crippen LogP contribution in [-0.4, -0.2) is 89.0 Å². The van der Waals surface area contributed by atoms with Crippen LogP contribution in [-0.2, 0) is 31.0 Å². The summed E-state index contributed by atoms with van der Waals surface area (Å²) in [5.41, 5.74) is 5.38. The zero-order chi connectivity index (χ0) is 31.8. The lowest BCUT2D eigenvalue weighted by Gasteiger charge is -2.41. The molecule has 6 rings (SSSR count). The van der Waals surface area contributed by atoms with Crippen molar-refractivity contribution in [2.45, 2.75) is 51.1 Å². The molecule has 2 unspecified atom stereocenters. The minimum atomic E-state index is 0.259. The van der Waals surface area contributed by atoms with Gasteiger partial charge in [0, 0.05) is 90.6 Å². The van der Waals surface area contributed by atoms with Crippen molar-refractivity contribution in [3.05, 3.63) is 144 Å². The van der Waals surface area contributed by atoms with Crippen LogP contribution in [0.4, 0.5) is 0 Å². The second kappa shape index (κ2) is 18.5. The van der Waals surface area contributed by atoms with Crippen LogP contribution in [0.25, 0.3) is 0 Å². The van der Waals surface area contributed by atoms with Gasteiger partial charge in [-0.25, -0.2) is 0 Å². The van der Waals surface area contributed by atoms with Crippen molar-refractivity contribution in [1.29, 1.82) is 0 Å². The smallest absolute Gasteiger partial charge is 0.121 e. The minimum absolute atomic E-state index is 0.259. The Morgan fingerprint density at radius 3 is 1.28 bits per heavy atom. The zero-order valence-electron chi connectivity index (χ0n) is 27.1. The first-order chi connectivity index (χ1) is 22.7. The van der Waals surface area contributed by atoms with Crippen LogP contribution in [0.5, 0.6) is 0 Å². The van der Waals surface area contributed by atoms with E-state index in [0.29, 0.717) is 18.5 Å². The molecule has 0 aromatic heterocycles. The predicted molar refractivity (Wildman–Crippen MR) is 187 cm³/mol. The first-order valence-corrected chi connectivity index (χ1v) is 16.8. The maximum atomic E-state index is 11.1. The molecule has 4 aromatic carbocycles. The van der Waals surface area contributed by atoms with Crippen LogP contribution in [0.2, 0.25) is 0 Å². The number of hydrogen-bond acceptors (Lipinski definition) is 6. The molecule has 6 heteroatoms. The molecule has 0 bridgehead atoms. The Balaban J connectivity index is 0.000000181. The molecule has 242 valence electrons. The molecule has 2 aliphatic heterocycles. The summed E-state index contributed by atoms with van der Waals surface area (Å²) >= 11 is 0. The van der Waals surface area contributed by atoms with Crippen molar-refractivity contribution in [2.24, 2.45) is 0 Å². The van der Waals surface area contributed by atoms with E-state index in [4.69, 9.17) is 0 Å². The van der Waals surface area contributed by atoms with Crippen molar-refractivity contribution >= 4 is 6.29 Å². The molecule has 46 heavy (non-hydrogen) atoms. The van der Waals surface area contributed by atoms with Crippen LogP contribution in [0.1, 0.15) is 35.1 Å². The standard InChI is InChI=1S/C20H26N2O.C20H24N2O/c2*23-14-11-20-17-21(15-18-7-3-1-4-8-18)12-13-22(20)16-19-9-5-2-6-10-19/h1-10,20,23H,11-17H2;1-10,14,20H,11-13,15-17H2. The largest absolute Gasteiger partial charge is 0.396 e. The number of rotatable bonds is 12. The Morgan fingerprint density at radius 2 is 0.891 bits per heavy atom. The number of aliphatic hydroxyl groups excluding tert-OH is 1. The molecule has 4 aromatic rings. The molecule has 1 N–H and O–H groups in total. The average Bonchev–Trinajstić information content (AvgIpc) is 3.10. The fourth-order valence-electron chi connectivity index (χ4n) is 6.69. The highest BCUT2D eigenvalue weighted by molar-refractivity contribution is 5.50. The van der Waals surface area contributed by atoms with Gasteiger partial charge in [-0.05, 0) is 28.7 Å². The summed E-state index contributed by atoms with van der Waals surface area (Å²) in [4.78, 5) is 21.0. The van der Waals surface area contributed by atoms with Gasteiger partial charge in [-0.3, -0.25) is 19.6 Å². The second-order valence-corrected chi connectivity index (χ2v) is 12.6. The van der Waals surface area contributed by atoms with Crippen LogP contribution in [0.3, 0.4) is 0 Å². The lowest BCUT2D eigenvalue weighted by atomic mass is 10.1. The van der Waals surface area contributed by atoms with Crippen molar-refractivity contribution in [2.75, 3.05) is 45.9 Å². The van der Waals surface area contributed by atoms with E-state index in [1.165, 1.54) is 22.3 Å². The predicted octanol–water partition coefficient (Wildman–Crippen LogP) is 5.72. The number of aliphatic hydroxyl groups is 1. The lowest BCUT2D eigenvalue weighted by molar-refractivity contribution is -0.109. The SMILES string of the molecule is O=CCC1CN(Cc2ccccc2)CCN1Cc1ccccc1.OCCC1CN(Cc2ccccc2)CCN1Cc1ccccc1. The van der Waals surface area contributed by atoms with Crippen molar-refractivity contribution in [1.82, 2.24) is 19.6 Å². The highest BCUT2D eigenvalue weighted by Gasteiger charge is 2.27. The Morgan fingerprint density at radius 1 is 0.522 bits per heavy atom. The first kappa shape index (κ1) is 33.7. The van der Waals surface area contributed by atoms with Gasteiger partial charge in [-0.15, -0.1) is 0 Å². The van der Waals surface area contributed by atoms with Gasteiger partial charge in [-0.1, -0.05) is 121 Å². The normalized spacial score (nSPS) is 19.7. The molecule has 6 nitrogen and oxygen atoms in total. The van der Waals surface area contributed by atoms with Gasteiger partial charge in [-0.2, -0.15) is 0 Å². The third-order valence-electron chi connectivity index (χ3n) is 9.16. The van der Waals surface area contributed by atoms with Crippen LogP contribution < -0.4 is 0 Å². The summed E-state index contributed by atoms with van der Waals surface area (Å²) in [6, 6.07) is 43.1. The topological polar surface area (TPSA) is 50.3 Å². The molecule has 2 atom stereocenters. The highest BCUT2D eigenvalue weighted by atomic mass is 16.3. The van der Waals surface area contributed by atoms with Gasteiger partial charge in [0.15, 0.2) is 0 Å². The number of carbonyl (C=O) groups excluding carboxylic acids is 1. The molecule has 0 spiro atoms. The molecule has 2 aliphatic rings. The molecule has 2 heterocycles. The van der Waals surface area contributed by atoms with Gasteiger partial charge in [0.25, 0.3) is 0 Å². The van der Waals surface area contributed by atoms with Gasteiger partial charge in [0.2, 0.25) is 0 Å². The summed E-state index contributed by atoms with van der Waals surface area (Å²) in [6.45, 7) is 10.3. The maximum absolute atomic E-state index is 11.1. The quantitative estimate of drug-likeness (QED) is 0.205. The fraction of sp³-hybridized carbons (Fsp3) is 0.375. The summed E-state index contributed by atoms with van der Waals surface area (Å²) < 4.78 is 0. The number of carbonyl (C=O) groups is 1. The molecule has 2 fully saturated rings. The van der Waals surface area contributed by atoms with Gasteiger partial charge in [0.05, 0.1) is 0 Å². The Labute approximate surface area is 275 Å². The molecule has 0 radical (unpaired) electrons. The maximum Gasteiger partial charge on any atom is 0.121 e. The summed E-state index contributed by atoms with van der Waals surface area (Å²) in [5, 5.41) is 9.43. The third kappa shape index (κ3) is 10.7. The van der Waals surface area contributed by atoms with Crippen molar-refractivity contribution in [3.63, 3.8) is 0 Å². The van der Waals surface area contributed by atoms with E-state index in [0.717, 1.165) is 78.2 Å². The average molecular weight is 619 g/mol.